The lowest BCUT2D eigenvalue weighted by Crippen LogP contribution is -2.44. The summed E-state index contributed by atoms with van der Waals surface area (Å²) in [6, 6.07) is 4.44. The number of hydrogen-bond donors (Lipinski definition) is 1. The summed E-state index contributed by atoms with van der Waals surface area (Å²) in [6.45, 7) is 9.95. The van der Waals surface area contributed by atoms with Gasteiger partial charge in [0.15, 0.2) is 0 Å². The van der Waals surface area contributed by atoms with Gasteiger partial charge in [-0.05, 0) is 49.1 Å². The third-order valence-corrected chi connectivity index (χ3v) is 5.01. The van der Waals surface area contributed by atoms with Gasteiger partial charge in [-0.25, -0.2) is 0 Å². The van der Waals surface area contributed by atoms with Crippen molar-refractivity contribution in [2.24, 2.45) is 0 Å². The van der Waals surface area contributed by atoms with Gasteiger partial charge in [0.25, 0.3) is 0 Å². The second-order valence-corrected chi connectivity index (χ2v) is 6.65. The van der Waals surface area contributed by atoms with Crippen molar-refractivity contribution < 1.29 is 9.53 Å². The number of ether oxygens (including phenoxy) is 1. The quantitative estimate of drug-likeness (QED) is 0.851. The molecule has 5 heteroatoms. The van der Waals surface area contributed by atoms with E-state index in [0.29, 0.717) is 0 Å². The van der Waals surface area contributed by atoms with E-state index < -0.39 is 0 Å². The van der Waals surface area contributed by atoms with Gasteiger partial charge in [0.2, 0.25) is 0 Å². The minimum absolute atomic E-state index is 0.209. The summed E-state index contributed by atoms with van der Waals surface area (Å²) in [4.78, 5) is 14.2. The Morgan fingerprint density at radius 3 is 2.62 bits per heavy atom. The van der Waals surface area contributed by atoms with Crippen molar-refractivity contribution in [3.05, 3.63) is 35.0 Å². The number of carbonyl (C=O) groups is 1. The Morgan fingerprint density at radius 2 is 1.92 bits per heavy atom. The maximum absolute atomic E-state index is 11.7. The molecule has 24 heavy (non-hydrogen) atoms. The van der Waals surface area contributed by atoms with Crippen molar-refractivity contribution in [1.29, 1.82) is 0 Å². The predicted octanol–water partition coefficient (Wildman–Crippen LogP) is 1.88. The number of fused-ring (bicyclic) bond motifs is 1. The highest BCUT2D eigenvalue weighted by atomic mass is 16.5. The smallest absolute Gasteiger partial charge is 0.325 e. The molecule has 0 saturated carbocycles. The molecule has 130 valence electrons. The molecule has 1 N–H and O–H groups in total. The molecule has 1 aliphatic heterocycles. The fourth-order valence-corrected chi connectivity index (χ4v) is 3.37. The van der Waals surface area contributed by atoms with Crippen LogP contribution in [0.3, 0.4) is 0 Å². The molecule has 0 unspecified atom stereocenters. The van der Waals surface area contributed by atoms with Crippen LogP contribution in [0, 0.1) is 13.8 Å². The first-order valence-corrected chi connectivity index (χ1v) is 8.67. The van der Waals surface area contributed by atoms with Crippen molar-refractivity contribution in [3.8, 4) is 0 Å². The maximum Gasteiger partial charge on any atom is 0.325 e. The number of piperazine rings is 1. The van der Waals surface area contributed by atoms with Crippen LogP contribution in [0.15, 0.2) is 18.3 Å². The molecule has 1 aromatic heterocycles. The molecule has 1 aliphatic rings. The first-order valence-electron chi connectivity index (χ1n) is 8.67. The van der Waals surface area contributed by atoms with Gasteiger partial charge < -0.3 is 19.5 Å². The molecule has 0 aliphatic carbocycles. The van der Waals surface area contributed by atoms with Gasteiger partial charge in [0, 0.05) is 49.8 Å². The van der Waals surface area contributed by atoms with Crippen LogP contribution in [0.1, 0.15) is 16.7 Å². The Balaban J connectivity index is 1.88. The van der Waals surface area contributed by atoms with Crippen molar-refractivity contribution in [3.63, 3.8) is 0 Å². The second-order valence-electron chi connectivity index (χ2n) is 6.65. The molecule has 0 spiro atoms. The number of nitrogens with one attached hydrogen (secondary N) is 1. The summed E-state index contributed by atoms with van der Waals surface area (Å²) >= 11 is 0. The highest BCUT2D eigenvalue weighted by Gasteiger charge is 2.15. The minimum Gasteiger partial charge on any atom is -0.468 e. The summed E-state index contributed by atoms with van der Waals surface area (Å²) < 4.78 is 6.87. The molecule has 2 heterocycles. The van der Waals surface area contributed by atoms with Crippen LogP contribution in [0.2, 0.25) is 0 Å². The summed E-state index contributed by atoms with van der Waals surface area (Å²) in [6.07, 6.45) is 3.13. The fraction of sp³-hybridized carbons (Fsp3) is 0.526. The normalized spacial score (nSPS) is 15.8. The fourth-order valence-electron chi connectivity index (χ4n) is 3.37. The van der Waals surface area contributed by atoms with Crippen molar-refractivity contribution in [2.45, 2.75) is 26.8 Å². The number of methoxy groups -OCH3 is 1. The minimum atomic E-state index is -0.209. The first kappa shape index (κ1) is 17.0. The van der Waals surface area contributed by atoms with E-state index in [1.807, 2.05) is 4.57 Å². The van der Waals surface area contributed by atoms with Gasteiger partial charge in [-0.3, -0.25) is 4.79 Å². The highest BCUT2D eigenvalue weighted by molar-refractivity contribution is 5.87. The molecule has 0 radical (unpaired) electrons. The average molecular weight is 329 g/mol. The molecule has 2 aromatic rings. The van der Waals surface area contributed by atoms with Crippen LogP contribution in [0.25, 0.3) is 10.9 Å². The van der Waals surface area contributed by atoms with Gasteiger partial charge in [-0.1, -0.05) is 0 Å². The number of benzene rings is 1. The third-order valence-electron chi connectivity index (χ3n) is 5.01. The van der Waals surface area contributed by atoms with Crippen LogP contribution in [-0.2, 0) is 22.5 Å². The van der Waals surface area contributed by atoms with E-state index in [1.54, 1.807) is 0 Å². The van der Waals surface area contributed by atoms with Gasteiger partial charge in [0.1, 0.15) is 6.54 Å². The van der Waals surface area contributed by atoms with Crippen LogP contribution < -0.4 is 5.32 Å². The Labute approximate surface area is 143 Å². The lowest BCUT2D eigenvalue weighted by molar-refractivity contribution is -0.141. The van der Waals surface area contributed by atoms with Crippen LogP contribution in [0.4, 0.5) is 0 Å². The Morgan fingerprint density at radius 1 is 1.21 bits per heavy atom. The van der Waals surface area contributed by atoms with E-state index in [4.69, 9.17) is 4.74 Å². The van der Waals surface area contributed by atoms with Gasteiger partial charge >= 0.3 is 5.97 Å². The first-order chi connectivity index (χ1) is 11.6. The number of rotatable bonds is 5. The predicted molar refractivity (Wildman–Crippen MR) is 96.4 cm³/mol. The zero-order chi connectivity index (χ0) is 17.1. The van der Waals surface area contributed by atoms with Crippen LogP contribution in [0.5, 0.6) is 0 Å². The monoisotopic (exact) mass is 329 g/mol. The summed E-state index contributed by atoms with van der Waals surface area (Å²) in [5, 5.41) is 4.65. The maximum atomic E-state index is 11.7. The SMILES string of the molecule is COC(=O)Cn1cc(CCN2CCNCC2)c2cc(C)c(C)cc21. The third kappa shape index (κ3) is 3.62. The van der Waals surface area contributed by atoms with E-state index in [-0.39, 0.29) is 12.5 Å². The van der Waals surface area contributed by atoms with Crippen LogP contribution >= 0.6 is 0 Å². The lowest BCUT2D eigenvalue weighted by Gasteiger charge is -2.26. The molecule has 0 bridgehead atoms. The van der Waals surface area contributed by atoms with E-state index in [9.17, 15) is 4.79 Å². The second kappa shape index (κ2) is 7.36. The van der Waals surface area contributed by atoms with E-state index in [1.165, 1.54) is 29.2 Å². The molecule has 1 saturated heterocycles. The van der Waals surface area contributed by atoms with Crippen molar-refractivity contribution in [2.75, 3.05) is 39.8 Å². The molecule has 0 amide bonds. The van der Waals surface area contributed by atoms with Gasteiger partial charge in [-0.15, -0.1) is 0 Å². The number of carbonyl (C=O) groups excluding carboxylic acids is 1. The molecular weight excluding hydrogens is 302 g/mol. The van der Waals surface area contributed by atoms with Crippen molar-refractivity contribution in [1.82, 2.24) is 14.8 Å². The van der Waals surface area contributed by atoms with E-state index in [2.05, 4.69) is 42.4 Å². The van der Waals surface area contributed by atoms with Crippen LogP contribution in [-0.4, -0.2) is 55.3 Å². The standard InChI is InChI=1S/C19H27N3O2/c1-14-10-17-16(4-7-21-8-5-20-6-9-21)12-22(13-19(23)24-3)18(17)11-15(14)2/h10-12,20H,4-9,13H2,1-3H3. The van der Waals surface area contributed by atoms with Crippen molar-refractivity contribution >= 4 is 16.9 Å². The number of aryl methyl sites for hydroxylation is 2. The summed E-state index contributed by atoms with van der Waals surface area (Å²) in [5.41, 5.74) is 4.98. The Hall–Kier alpha value is -1.85. The summed E-state index contributed by atoms with van der Waals surface area (Å²) in [7, 11) is 1.44. The zero-order valence-corrected chi connectivity index (χ0v) is 14.9. The molecule has 5 nitrogen and oxygen atoms in total. The van der Waals surface area contributed by atoms with Gasteiger partial charge in [0.05, 0.1) is 7.11 Å². The molecular formula is C19H27N3O2. The molecule has 3 rings (SSSR count). The molecule has 1 aromatic carbocycles. The zero-order valence-electron chi connectivity index (χ0n) is 14.9. The Bertz CT molecular complexity index is 730. The number of hydrogen-bond acceptors (Lipinski definition) is 4. The van der Waals surface area contributed by atoms with E-state index in [0.717, 1.165) is 44.7 Å². The van der Waals surface area contributed by atoms with E-state index >= 15 is 0 Å². The Kier molecular flexibility index (Phi) is 5.21. The number of esters is 1. The number of nitrogens with zero attached hydrogens (tertiary/aromatic N) is 2. The largest absolute Gasteiger partial charge is 0.468 e. The number of aromatic nitrogens is 1. The summed E-state index contributed by atoms with van der Waals surface area (Å²) in [5.74, 6) is -0.209. The average Bonchev–Trinajstić information content (AvgIpc) is 2.91. The van der Waals surface area contributed by atoms with Gasteiger partial charge in [-0.2, -0.15) is 0 Å². The molecule has 0 atom stereocenters. The topological polar surface area (TPSA) is 46.5 Å². The highest BCUT2D eigenvalue weighted by Crippen LogP contribution is 2.26. The lowest BCUT2D eigenvalue weighted by atomic mass is 10.0. The molecule has 1 fully saturated rings.